The van der Waals surface area contributed by atoms with E-state index >= 15 is 0 Å². The summed E-state index contributed by atoms with van der Waals surface area (Å²) < 4.78 is 34.0. The summed E-state index contributed by atoms with van der Waals surface area (Å²) in [6.07, 6.45) is 8.53. The number of amides is 1. The number of nitrogens with one attached hydrogen (secondary N) is 2. The largest absolute Gasteiger partial charge is 0.352 e. The Morgan fingerprint density at radius 2 is 1.84 bits per heavy atom. The minimum Gasteiger partial charge on any atom is -0.352 e. The molecule has 0 unspecified atom stereocenters. The van der Waals surface area contributed by atoms with Crippen LogP contribution >= 0.6 is 0 Å². The molecule has 2 aliphatic carbocycles. The molecule has 0 saturated heterocycles. The standard InChI is InChI=1S/C22H30N4O4S/c1-14-9-10-17(20-24-22(30-25-20)16-11-12-16)13-19(14)31(28,29)26-15(2)21(27)23-18-7-5-3-4-6-8-18/h9-10,13,15-16,18,26H,3-8,11-12H2,1-2H3,(H,23,27)/t15-/m0/s1. The van der Waals surface area contributed by atoms with Crippen molar-refractivity contribution in [2.75, 3.05) is 0 Å². The third-order valence-corrected chi connectivity index (χ3v) is 7.71. The molecule has 8 nitrogen and oxygen atoms in total. The minimum atomic E-state index is -3.91. The van der Waals surface area contributed by atoms with Crippen LogP contribution in [0.3, 0.4) is 0 Å². The Morgan fingerprint density at radius 3 is 2.52 bits per heavy atom. The van der Waals surface area contributed by atoms with Crippen LogP contribution in [0.1, 0.15) is 75.7 Å². The number of aryl methyl sites for hydroxylation is 1. The molecule has 2 saturated carbocycles. The Hall–Kier alpha value is -2.26. The van der Waals surface area contributed by atoms with Crippen molar-refractivity contribution in [1.29, 1.82) is 0 Å². The molecule has 2 fully saturated rings. The highest BCUT2D eigenvalue weighted by atomic mass is 32.2. The first-order valence-electron chi connectivity index (χ1n) is 11.1. The summed E-state index contributed by atoms with van der Waals surface area (Å²) in [6.45, 7) is 3.30. The Labute approximate surface area is 183 Å². The van der Waals surface area contributed by atoms with E-state index in [1.54, 1.807) is 26.0 Å². The monoisotopic (exact) mass is 446 g/mol. The second-order valence-electron chi connectivity index (χ2n) is 8.75. The van der Waals surface area contributed by atoms with Crippen LogP contribution in [0, 0.1) is 6.92 Å². The van der Waals surface area contributed by atoms with Gasteiger partial charge in [0.1, 0.15) is 0 Å². The number of carbonyl (C=O) groups is 1. The number of aromatic nitrogens is 2. The van der Waals surface area contributed by atoms with Gasteiger partial charge in [0.05, 0.1) is 10.9 Å². The summed E-state index contributed by atoms with van der Waals surface area (Å²) in [7, 11) is -3.91. The summed E-state index contributed by atoms with van der Waals surface area (Å²) >= 11 is 0. The van der Waals surface area contributed by atoms with Crippen molar-refractivity contribution in [3.63, 3.8) is 0 Å². The molecule has 31 heavy (non-hydrogen) atoms. The van der Waals surface area contributed by atoms with Gasteiger partial charge in [-0.3, -0.25) is 4.79 Å². The summed E-state index contributed by atoms with van der Waals surface area (Å²) in [6, 6.07) is 4.27. The van der Waals surface area contributed by atoms with Gasteiger partial charge in [0.15, 0.2) is 0 Å². The Bertz CT molecular complexity index is 1040. The molecule has 2 N–H and O–H groups in total. The predicted octanol–water partition coefficient (Wildman–Crippen LogP) is 3.43. The van der Waals surface area contributed by atoms with Gasteiger partial charge in [-0.05, 0) is 51.2 Å². The Balaban J connectivity index is 1.47. The van der Waals surface area contributed by atoms with Gasteiger partial charge in [-0.25, -0.2) is 8.42 Å². The van der Waals surface area contributed by atoms with Crippen molar-refractivity contribution >= 4 is 15.9 Å². The highest BCUT2D eigenvalue weighted by molar-refractivity contribution is 7.89. The minimum absolute atomic E-state index is 0.108. The maximum atomic E-state index is 13.1. The molecule has 1 aromatic heterocycles. The molecule has 0 spiro atoms. The summed E-state index contributed by atoms with van der Waals surface area (Å²) in [4.78, 5) is 17.1. The molecule has 0 aliphatic heterocycles. The molecule has 1 heterocycles. The van der Waals surface area contributed by atoms with E-state index in [0.717, 1.165) is 38.5 Å². The first-order chi connectivity index (χ1) is 14.8. The fourth-order valence-corrected chi connectivity index (χ4v) is 5.45. The van der Waals surface area contributed by atoms with Gasteiger partial charge in [0.25, 0.3) is 0 Å². The van der Waals surface area contributed by atoms with E-state index in [1.165, 1.54) is 18.9 Å². The zero-order chi connectivity index (χ0) is 22.0. The quantitative estimate of drug-likeness (QED) is 0.630. The lowest BCUT2D eigenvalue weighted by molar-refractivity contribution is -0.123. The van der Waals surface area contributed by atoms with Gasteiger partial charge in [0, 0.05) is 17.5 Å². The number of carbonyl (C=O) groups excluding carboxylic acids is 1. The number of nitrogens with zero attached hydrogens (tertiary/aromatic N) is 2. The average molecular weight is 447 g/mol. The Morgan fingerprint density at radius 1 is 1.13 bits per heavy atom. The van der Waals surface area contributed by atoms with Crippen LogP contribution < -0.4 is 10.0 Å². The fraction of sp³-hybridized carbons (Fsp3) is 0.591. The molecule has 4 rings (SSSR count). The van der Waals surface area contributed by atoms with E-state index in [1.807, 2.05) is 0 Å². The lowest BCUT2D eigenvalue weighted by Gasteiger charge is -2.20. The number of hydrogen-bond acceptors (Lipinski definition) is 6. The van der Waals surface area contributed by atoms with E-state index in [4.69, 9.17) is 4.52 Å². The van der Waals surface area contributed by atoms with Crippen LogP contribution in [-0.2, 0) is 14.8 Å². The summed E-state index contributed by atoms with van der Waals surface area (Å²) in [5, 5.41) is 7.00. The molecule has 0 radical (unpaired) electrons. The van der Waals surface area contributed by atoms with Crippen molar-refractivity contribution in [3.8, 4) is 11.4 Å². The number of benzene rings is 1. The number of rotatable bonds is 7. The van der Waals surface area contributed by atoms with Crippen molar-refractivity contribution < 1.29 is 17.7 Å². The van der Waals surface area contributed by atoms with Crippen LogP contribution in [0.25, 0.3) is 11.4 Å². The van der Waals surface area contributed by atoms with E-state index in [-0.39, 0.29) is 16.8 Å². The van der Waals surface area contributed by atoms with Crippen LogP contribution in [-0.4, -0.2) is 36.5 Å². The molecule has 2 aliphatic rings. The lowest BCUT2D eigenvalue weighted by Crippen LogP contribution is -2.48. The zero-order valence-corrected chi connectivity index (χ0v) is 18.9. The topological polar surface area (TPSA) is 114 Å². The van der Waals surface area contributed by atoms with Gasteiger partial charge < -0.3 is 9.84 Å². The van der Waals surface area contributed by atoms with Gasteiger partial charge in [0.2, 0.25) is 27.6 Å². The third-order valence-electron chi connectivity index (χ3n) is 6.03. The molecule has 9 heteroatoms. The van der Waals surface area contributed by atoms with Crippen molar-refractivity contribution in [2.45, 2.75) is 88.1 Å². The van der Waals surface area contributed by atoms with Crippen molar-refractivity contribution in [1.82, 2.24) is 20.2 Å². The summed E-state index contributed by atoms with van der Waals surface area (Å²) in [5.41, 5.74) is 1.15. The van der Waals surface area contributed by atoms with Crippen LogP contribution in [0.2, 0.25) is 0 Å². The molecular weight excluding hydrogens is 416 g/mol. The lowest BCUT2D eigenvalue weighted by atomic mass is 10.1. The molecular formula is C22H30N4O4S. The molecule has 168 valence electrons. The maximum Gasteiger partial charge on any atom is 0.241 e. The van der Waals surface area contributed by atoms with E-state index in [0.29, 0.717) is 28.8 Å². The average Bonchev–Trinajstić information content (AvgIpc) is 3.51. The maximum absolute atomic E-state index is 13.1. The van der Waals surface area contributed by atoms with Crippen LogP contribution in [0.15, 0.2) is 27.6 Å². The first kappa shape index (κ1) is 22.0. The van der Waals surface area contributed by atoms with Gasteiger partial charge in [-0.1, -0.05) is 43.0 Å². The first-order valence-corrected chi connectivity index (χ1v) is 12.6. The van der Waals surface area contributed by atoms with E-state index in [9.17, 15) is 13.2 Å². The predicted molar refractivity (Wildman–Crippen MR) is 116 cm³/mol. The molecule has 2 aromatic rings. The van der Waals surface area contributed by atoms with Crippen LogP contribution in [0.5, 0.6) is 0 Å². The van der Waals surface area contributed by atoms with Gasteiger partial charge in [-0.2, -0.15) is 9.71 Å². The zero-order valence-electron chi connectivity index (χ0n) is 18.1. The Kier molecular flexibility index (Phi) is 6.43. The number of hydrogen-bond donors (Lipinski definition) is 2. The fourth-order valence-electron chi connectivity index (χ4n) is 3.98. The number of sulfonamides is 1. The smallest absolute Gasteiger partial charge is 0.241 e. The summed E-state index contributed by atoms with van der Waals surface area (Å²) in [5.74, 6) is 1.00. The van der Waals surface area contributed by atoms with Gasteiger partial charge in [-0.15, -0.1) is 0 Å². The normalized spacial score (nSPS) is 19.0. The molecule has 1 amide bonds. The SMILES string of the molecule is Cc1ccc(-c2noc(C3CC3)n2)cc1S(=O)(=O)N[C@@H](C)C(=O)NC1CCCCCC1. The van der Waals surface area contributed by atoms with E-state index < -0.39 is 16.1 Å². The third kappa shape index (κ3) is 5.33. The van der Waals surface area contributed by atoms with Crippen molar-refractivity contribution in [2.24, 2.45) is 0 Å². The molecule has 0 bridgehead atoms. The van der Waals surface area contributed by atoms with E-state index in [2.05, 4.69) is 20.2 Å². The van der Waals surface area contributed by atoms with Crippen LogP contribution in [0.4, 0.5) is 0 Å². The second-order valence-corrected chi connectivity index (χ2v) is 10.4. The highest BCUT2D eigenvalue weighted by Crippen LogP contribution is 2.39. The van der Waals surface area contributed by atoms with Gasteiger partial charge >= 0.3 is 0 Å². The second kappa shape index (κ2) is 9.08. The highest BCUT2D eigenvalue weighted by Gasteiger charge is 2.30. The molecule has 1 atom stereocenters. The molecule has 1 aromatic carbocycles. The van der Waals surface area contributed by atoms with Crippen molar-refractivity contribution in [3.05, 3.63) is 29.7 Å².